The Morgan fingerprint density at radius 2 is 2.03 bits per heavy atom. The fourth-order valence-electron chi connectivity index (χ4n) is 5.81. The molecular weight excluding hydrogens is 482 g/mol. The van der Waals surface area contributed by atoms with Crippen LogP contribution < -0.4 is 10.6 Å². The molecule has 5 heterocycles. The lowest BCUT2D eigenvalue weighted by Gasteiger charge is -2.25. The number of nitrogens with two attached hydrogens (primary N) is 1. The van der Waals surface area contributed by atoms with Crippen LogP contribution in [0.15, 0.2) is 36.7 Å². The number of thiophene rings is 1. The highest BCUT2D eigenvalue weighted by atomic mass is 32.1. The number of halogens is 2. The maximum absolute atomic E-state index is 13.6. The number of carbonyl (C=O) groups is 1. The van der Waals surface area contributed by atoms with Crippen LogP contribution in [0.1, 0.15) is 40.7 Å². The van der Waals surface area contributed by atoms with Crippen LogP contribution in [0.2, 0.25) is 0 Å². The highest BCUT2D eigenvalue weighted by Gasteiger charge is 2.44. The second-order valence-electron chi connectivity index (χ2n) is 10.5. The van der Waals surface area contributed by atoms with E-state index in [1.165, 1.54) is 16.9 Å². The quantitative estimate of drug-likeness (QED) is 0.397. The summed E-state index contributed by atoms with van der Waals surface area (Å²) in [5.41, 5.74) is 8.14. The average molecular weight is 511 g/mol. The molecule has 1 atom stereocenters. The van der Waals surface area contributed by atoms with E-state index in [4.69, 9.17) is 5.73 Å². The summed E-state index contributed by atoms with van der Waals surface area (Å²) in [4.78, 5) is 29.7. The Bertz CT molecular complexity index is 1460. The molecule has 10 heteroatoms. The number of nitrogens with one attached hydrogen (secondary N) is 1. The van der Waals surface area contributed by atoms with Gasteiger partial charge in [0.25, 0.3) is 5.91 Å². The summed E-state index contributed by atoms with van der Waals surface area (Å²) in [7, 11) is 0. The third kappa shape index (κ3) is 4.43. The summed E-state index contributed by atoms with van der Waals surface area (Å²) in [5.74, 6) is -2.34. The number of hydrogen-bond acceptors (Lipinski definition) is 6. The molecule has 36 heavy (non-hydrogen) atoms. The topological polar surface area (TPSA) is 91.1 Å². The second kappa shape index (κ2) is 8.48. The molecule has 3 aromatic heterocycles. The van der Waals surface area contributed by atoms with Crippen molar-refractivity contribution in [3.8, 4) is 0 Å². The van der Waals surface area contributed by atoms with Gasteiger partial charge in [-0.05, 0) is 50.1 Å². The molecule has 6 rings (SSSR count). The molecular formula is C26H28F2N6OS. The standard InChI is InChI=1S/C26H28F2N6OS/c1-25(27,28)11-18-10-19-23(30-15-31-24(19)36-18)34-7-5-26(14-34)4-6-33(13-26)12-16-2-3-17-9-21(22(29)35)32-20(17)8-16/h2-3,8-10,15,32H,4-7,11-14H2,1H3,(H2,29,35). The monoisotopic (exact) mass is 510 g/mol. The van der Waals surface area contributed by atoms with Crippen LogP contribution in [0.3, 0.4) is 0 Å². The van der Waals surface area contributed by atoms with Crippen molar-refractivity contribution in [3.63, 3.8) is 0 Å². The van der Waals surface area contributed by atoms with Crippen molar-refractivity contribution in [2.24, 2.45) is 11.1 Å². The minimum atomic E-state index is -2.74. The number of carbonyl (C=O) groups excluding carboxylic acids is 1. The smallest absolute Gasteiger partial charge is 0.265 e. The van der Waals surface area contributed by atoms with Gasteiger partial charge in [-0.3, -0.25) is 9.69 Å². The van der Waals surface area contributed by atoms with Crippen LogP contribution in [-0.2, 0) is 13.0 Å². The Hall–Kier alpha value is -3.11. The number of hydrogen-bond donors (Lipinski definition) is 2. The summed E-state index contributed by atoms with van der Waals surface area (Å²) in [6, 6.07) is 9.87. The molecule has 2 aliphatic rings. The number of alkyl halides is 2. The van der Waals surface area contributed by atoms with Crippen LogP contribution in [0.5, 0.6) is 0 Å². The molecule has 1 spiro atoms. The van der Waals surface area contributed by atoms with Gasteiger partial charge in [-0.1, -0.05) is 12.1 Å². The number of H-pyrrole nitrogens is 1. The lowest BCUT2D eigenvalue weighted by molar-refractivity contribution is 0.0234. The van der Waals surface area contributed by atoms with E-state index in [0.717, 1.165) is 79.4 Å². The highest BCUT2D eigenvalue weighted by molar-refractivity contribution is 7.18. The molecule has 2 aliphatic heterocycles. The van der Waals surface area contributed by atoms with Crippen LogP contribution in [0.25, 0.3) is 21.1 Å². The van der Waals surface area contributed by atoms with Crippen molar-refractivity contribution in [2.45, 2.75) is 38.7 Å². The van der Waals surface area contributed by atoms with Crippen molar-refractivity contribution in [2.75, 3.05) is 31.1 Å². The summed E-state index contributed by atoms with van der Waals surface area (Å²) < 4.78 is 27.2. The zero-order chi connectivity index (χ0) is 25.1. The zero-order valence-corrected chi connectivity index (χ0v) is 20.9. The van der Waals surface area contributed by atoms with Gasteiger partial charge in [0.15, 0.2) is 0 Å². The van der Waals surface area contributed by atoms with Crippen LogP contribution in [0.4, 0.5) is 14.6 Å². The number of amides is 1. The Morgan fingerprint density at radius 1 is 1.19 bits per heavy atom. The van der Waals surface area contributed by atoms with Crippen molar-refractivity contribution < 1.29 is 13.6 Å². The molecule has 2 saturated heterocycles. The second-order valence-corrected chi connectivity index (χ2v) is 11.6. The van der Waals surface area contributed by atoms with Gasteiger partial charge in [0, 0.05) is 53.8 Å². The van der Waals surface area contributed by atoms with Crippen molar-refractivity contribution in [1.29, 1.82) is 0 Å². The summed E-state index contributed by atoms with van der Waals surface area (Å²) in [5, 5.41) is 1.86. The first kappa shape index (κ1) is 23.3. The van der Waals surface area contributed by atoms with E-state index in [9.17, 15) is 13.6 Å². The summed E-state index contributed by atoms with van der Waals surface area (Å²) in [6.07, 6.45) is 3.47. The molecule has 0 saturated carbocycles. The molecule has 1 aromatic carbocycles. The molecule has 0 bridgehead atoms. The maximum Gasteiger partial charge on any atom is 0.265 e. The summed E-state index contributed by atoms with van der Waals surface area (Å²) in [6.45, 7) is 5.64. The zero-order valence-electron chi connectivity index (χ0n) is 20.1. The van der Waals surface area contributed by atoms with Gasteiger partial charge in [-0.15, -0.1) is 11.3 Å². The number of aromatic nitrogens is 3. The molecule has 2 fully saturated rings. The van der Waals surface area contributed by atoms with Gasteiger partial charge >= 0.3 is 0 Å². The number of nitrogens with zero attached hydrogens (tertiary/aromatic N) is 4. The number of rotatable bonds is 6. The van der Waals surface area contributed by atoms with E-state index in [1.54, 1.807) is 12.4 Å². The number of primary amides is 1. The predicted molar refractivity (Wildman–Crippen MR) is 138 cm³/mol. The molecule has 3 N–H and O–H groups in total. The number of benzene rings is 1. The first-order valence-electron chi connectivity index (χ1n) is 12.2. The Balaban J connectivity index is 1.16. The SMILES string of the molecule is CC(F)(F)Cc1cc2c(N3CCC4(CCN(Cc5ccc6cc(C(N)=O)[nH]c6c5)C4)C3)ncnc2s1. The van der Waals surface area contributed by atoms with Gasteiger partial charge in [0.05, 0.1) is 5.39 Å². The van der Waals surface area contributed by atoms with Gasteiger partial charge in [0.2, 0.25) is 5.92 Å². The Morgan fingerprint density at radius 3 is 2.83 bits per heavy atom. The fraction of sp³-hybridized carbons (Fsp3) is 0.423. The predicted octanol–water partition coefficient (Wildman–Crippen LogP) is 4.57. The van der Waals surface area contributed by atoms with E-state index in [0.29, 0.717) is 10.6 Å². The van der Waals surface area contributed by atoms with E-state index in [-0.39, 0.29) is 11.8 Å². The number of likely N-dealkylation sites (tertiary alicyclic amines) is 1. The van der Waals surface area contributed by atoms with Crippen molar-refractivity contribution in [3.05, 3.63) is 52.8 Å². The van der Waals surface area contributed by atoms with Gasteiger partial charge in [0.1, 0.15) is 22.7 Å². The maximum atomic E-state index is 13.6. The third-order valence-electron chi connectivity index (χ3n) is 7.46. The van der Waals surface area contributed by atoms with Crippen LogP contribution >= 0.6 is 11.3 Å². The summed E-state index contributed by atoms with van der Waals surface area (Å²) >= 11 is 1.33. The molecule has 4 aromatic rings. The first-order chi connectivity index (χ1) is 17.2. The Labute approximate surface area is 211 Å². The normalized spacial score (nSPS) is 20.9. The van der Waals surface area contributed by atoms with Crippen molar-refractivity contribution in [1.82, 2.24) is 19.9 Å². The highest BCUT2D eigenvalue weighted by Crippen LogP contribution is 2.43. The number of anilines is 1. The van der Waals surface area contributed by atoms with E-state index < -0.39 is 11.8 Å². The van der Waals surface area contributed by atoms with E-state index in [1.807, 2.05) is 12.1 Å². The molecule has 7 nitrogen and oxygen atoms in total. The van der Waals surface area contributed by atoms with Crippen LogP contribution in [-0.4, -0.2) is 57.9 Å². The molecule has 0 aliphatic carbocycles. The molecule has 0 radical (unpaired) electrons. The third-order valence-corrected chi connectivity index (χ3v) is 8.50. The minimum Gasteiger partial charge on any atom is -0.364 e. The largest absolute Gasteiger partial charge is 0.364 e. The van der Waals surface area contributed by atoms with E-state index >= 15 is 0 Å². The number of aromatic amines is 1. The fourth-order valence-corrected chi connectivity index (χ4v) is 6.92. The number of fused-ring (bicyclic) bond motifs is 2. The van der Waals surface area contributed by atoms with Crippen molar-refractivity contribution >= 4 is 44.2 Å². The lowest BCUT2D eigenvalue weighted by atomic mass is 9.86. The van der Waals surface area contributed by atoms with E-state index in [2.05, 4.69) is 36.9 Å². The molecule has 1 amide bonds. The van der Waals surface area contributed by atoms with Gasteiger partial charge in [-0.25, -0.2) is 18.7 Å². The Kier molecular flexibility index (Phi) is 5.49. The molecule has 188 valence electrons. The average Bonchev–Trinajstić information content (AvgIpc) is 3.58. The van der Waals surface area contributed by atoms with Gasteiger partial charge < -0.3 is 15.6 Å². The molecule has 1 unspecified atom stereocenters. The van der Waals surface area contributed by atoms with Crippen LogP contribution in [0, 0.1) is 5.41 Å². The van der Waals surface area contributed by atoms with Gasteiger partial charge in [-0.2, -0.15) is 0 Å². The lowest BCUT2D eigenvalue weighted by Crippen LogP contribution is -2.31. The first-order valence-corrected chi connectivity index (χ1v) is 13.0. The minimum absolute atomic E-state index is 0.197.